The van der Waals surface area contributed by atoms with Gasteiger partial charge in [0.15, 0.2) is 5.16 Å². The lowest BCUT2D eigenvalue weighted by atomic mass is 9.96. The minimum atomic E-state index is -0.665. The molecule has 1 heterocycles. The van der Waals surface area contributed by atoms with Crippen LogP contribution < -0.4 is 11.0 Å². The highest BCUT2D eigenvalue weighted by molar-refractivity contribution is 7.99. The smallest absolute Gasteiger partial charge is 0.343 e. The molecule has 2 N–H and O–H groups in total. The Bertz CT molecular complexity index is 499. The Labute approximate surface area is 122 Å². The Balaban J connectivity index is 2.47. The van der Waals surface area contributed by atoms with Gasteiger partial charge in [0.1, 0.15) is 5.54 Å². The standard InChI is InChI=1S/C12H22N4O3S/c1-5-13-12(2,9(17)19-4)7-6-8-20-11-15-14-10(18)16(11)3/h13H,5-8H2,1-4H3,(H,14,18). The predicted octanol–water partition coefficient (Wildman–Crippen LogP) is 0.522. The first-order valence-corrected chi connectivity index (χ1v) is 7.50. The van der Waals surface area contributed by atoms with E-state index in [-0.39, 0.29) is 11.7 Å². The van der Waals surface area contributed by atoms with E-state index < -0.39 is 5.54 Å². The average Bonchev–Trinajstić information content (AvgIpc) is 2.74. The third-order valence-electron chi connectivity index (χ3n) is 3.09. The van der Waals surface area contributed by atoms with Crippen molar-refractivity contribution >= 4 is 17.7 Å². The van der Waals surface area contributed by atoms with Crippen molar-refractivity contribution in [3.05, 3.63) is 10.5 Å². The van der Waals surface area contributed by atoms with Crippen LogP contribution in [0.4, 0.5) is 0 Å². The van der Waals surface area contributed by atoms with Gasteiger partial charge in [-0.1, -0.05) is 18.7 Å². The highest BCUT2D eigenvalue weighted by Crippen LogP contribution is 2.19. The van der Waals surface area contributed by atoms with E-state index in [9.17, 15) is 9.59 Å². The molecule has 1 aromatic heterocycles. The van der Waals surface area contributed by atoms with E-state index in [4.69, 9.17) is 4.74 Å². The van der Waals surface area contributed by atoms with Crippen molar-refractivity contribution in [2.75, 3.05) is 19.4 Å². The molecule has 1 rings (SSSR count). The van der Waals surface area contributed by atoms with Crippen molar-refractivity contribution in [2.45, 2.75) is 37.4 Å². The van der Waals surface area contributed by atoms with E-state index >= 15 is 0 Å². The number of thioether (sulfide) groups is 1. The third kappa shape index (κ3) is 4.11. The summed E-state index contributed by atoms with van der Waals surface area (Å²) < 4.78 is 6.30. The lowest BCUT2D eigenvalue weighted by molar-refractivity contribution is -0.148. The maximum absolute atomic E-state index is 11.8. The molecule has 1 atom stereocenters. The molecule has 0 amide bonds. The van der Waals surface area contributed by atoms with Crippen molar-refractivity contribution in [3.8, 4) is 0 Å². The molecule has 7 nitrogen and oxygen atoms in total. The number of hydrogen-bond donors (Lipinski definition) is 2. The van der Waals surface area contributed by atoms with Gasteiger partial charge in [-0.2, -0.15) is 0 Å². The van der Waals surface area contributed by atoms with Crippen LogP contribution in [-0.2, 0) is 16.6 Å². The molecule has 0 radical (unpaired) electrons. The molecule has 0 saturated carbocycles. The summed E-state index contributed by atoms with van der Waals surface area (Å²) in [6, 6.07) is 0. The molecule has 0 aliphatic carbocycles. The normalized spacial score (nSPS) is 14.0. The van der Waals surface area contributed by atoms with E-state index in [1.165, 1.54) is 23.4 Å². The summed E-state index contributed by atoms with van der Waals surface area (Å²) in [4.78, 5) is 23.0. The molecule has 20 heavy (non-hydrogen) atoms. The van der Waals surface area contributed by atoms with Gasteiger partial charge in [0.05, 0.1) is 7.11 Å². The van der Waals surface area contributed by atoms with E-state index in [1.807, 2.05) is 13.8 Å². The monoisotopic (exact) mass is 302 g/mol. The summed E-state index contributed by atoms with van der Waals surface area (Å²) in [5.74, 6) is 0.521. The van der Waals surface area contributed by atoms with Crippen LogP contribution in [0.1, 0.15) is 26.7 Å². The number of likely N-dealkylation sites (N-methyl/N-ethyl adjacent to an activating group) is 1. The summed E-state index contributed by atoms with van der Waals surface area (Å²) in [6.45, 7) is 4.50. The first-order chi connectivity index (χ1) is 9.44. The third-order valence-corrected chi connectivity index (χ3v) is 4.21. The van der Waals surface area contributed by atoms with Crippen molar-refractivity contribution in [2.24, 2.45) is 7.05 Å². The number of H-pyrrole nitrogens is 1. The number of aromatic amines is 1. The fourth-order valence-electron chi connectivity index (χ4n) is 1.93. The topological polar surface area (TPSA) is 89.0 Å². The molecule has 0 bridgehead atoms. The zero-order valence-corrected chi connectivity index (χ0v) is 13.2. The molecular formula is C12H22N4O3S. The number of methoxy groups -OCH3 is 1. The van der Waals surface area contributed by atoms with Crippen LogP contribution in [0, 0.1) is 0 Å². The van der Waals surface area contributed by atoms with Gasteiger partial charge in [-0.15, -0.1) is 5.10 Å². The summed E-state index contributed by atoms with van der Waals surface area (Å²) >= 11 is 1.49. The van der Waals surface area contributed by atoms with Crippen LogP contribution in [-0.4, -0.2) is 45.7 Å². The van der Waals surface area contributed by atoms with Crippen LogP contribution in [0.2, 0.25) is 0 Å². The second-order valence-electron chi connectivity index (χ2n) is 4.68. The quantitative estimate of drug-likeness (QED) is 0.413. The van der Waals surface area contributed by atoms with Gasteiger partial charge >= 0.3 is 11.7 Å². The summed E-state index contributed by atoms with van der Waals surface area (Å²) in [5.41, 5.74) is -0.888. The fraction of sp³-hybridized carbons (Fsp3) is 0.750. The highest BCUT2D eigenvalue weighted by atomic mass is 32.2. The Kier molecular flexibility index (Phi) is 6.28. The number of esters is 1. The van der Waals surface area contributed by atoms with Crippen molar-refractivity contribution in [1.29, 1.82) is 0 Å². The maximum atomic E-state index is 11.8. The minimum Gasteiger partial charge on any atom is -0.468 e. The Morgan fingerprint density at radius 1 is 1.60 bits per heavy atom. The molecule has 0 saturated heterocycles. The number of aromatic nitrogens is 3. The highest BCUT2D eigenvalue weighted by Gasteiger charge is 2.32. The lowest BCUT2D eigenvalue weighted by Crippen LogP contribution is -2.50. The molecular weight excluding hydrogens is 280 g/mol. The first-order valence-electron chi connectivity index (χ1n) is 6.52. The zero-order chi connectivity index (χ0) is 15.2. The minimum absolute atomic E-state index is 0.223. The number of nitrogens with one attached hydrogen (secondary N) is 2. The zero-order valence-electron chi connectivity index (χ0n) is 12.4. The summed E-state index contributed by atoms with van der Waals surface area (Å²) in [6.07, 6.45) is 1.48. The lowest BCUT2D eigenvalue weighted by Gasteiger charge is -2.27. The number of rotatable bonds is 8. The van der Waals surface area contributed by atoms with Crippen molar-refractivity contribution < 1.29 is 9.53 Å². The molecule has 1 aromatic rings. The largest absolute Gasteiger partial charge is 0.468 e. The van der Waals surface area contributed by atoms with Gasteiger partial charge in [0.2, 0.25) is 0 Å². The maximum Gasteiger partial charge on any atom is 0.343 e. The molecule has 0 spiro atoms. The molecule has 0 fully saturated rings. The molecule has 0 aromatic carbocycles. The Hall–Kier alpha value is -1.28. The van der Waals surface area contributed by atoms with Gasteiger partial charge < -0.3 is 10.1 Å². The van der Waals surface area contributed by atoms with Gasteiger partial charge in [-0.3, -0.25) is 9.36 Å². The van der Waals surface area contributed by atoms with Gasteiger partial charge in [-0.05, 0) is 26.3 Å². The van der Waals surface area contributed by atoms with Crippen LogP contribution in [0.15, 0.2) is 9.95 Å². The molecule has 0 aliphatic rings. The second-order valence-corrected chi connectivity index (χ2v) is 5.74. The summed E-state index contributed by atoms with van der Waals surface area (Å²) in [7, 11) is 3.07. The Morgan fingerprint density at radius 2 is 2.30 bits per heavy atom. The number of hydrogen-bond acceptors (Lipinski definition) is 6. The van der Waals surface area contributed by atoms with Crippen LogP contribution in [0.3, 0.4) is 0 Å². The van der Waals surface area contributed by atoms with E-state index in [0.29, 0.717) is 18.1 Å². The number of ether oxygens (including phenoxy) is 1. The Morgan fingerprint density at radius 3 is 2.80 bits per heavy atom. The van der Waals surface area contributed by atoms with Crippen molar-refractivity contribution in [1.82, 2.24) is 20.1 Å². The van der Waals surface area contributed by atoms with Crippen LogP contribution in [0.5, 0.6) is 0 Å². The van der Waals surface area contributed by atoms with Crippen LogP contribution >= 0.6 is 11.8 Å². The average molecular weight is 302 g/mol. The molecule has 114 valence electrons. The van der Waals surface area contributed by atoms with Crippen molar-refractivity contribution in [3.63, 3.8) is 0 Å². The second kappa shape index (κ2) is 7.49. The molecule has 0 aliphatic heterocycles. The number of nitrogens with zero attached hydrogens (tertiary/aromatic N) is 2. The van der Waals surface area contributed by atoms with Gasteiger partial charge in [0, 0.05) is 12.8 Å². The number of carbonyl (C=O) groups excluding carboxylic acids is 1. The number of carbonyl (C=O) groups is 1. The van der Waals surface area contributed by atoms with E-state index in [2.05, 4.69) is 15.5 Å². The SMILES string of the molecule is CCNC(C)(CCCSc1n[nH]c(=O)n1C)C(=O)OC. The first kappa shape index (κ1) is 16.8. The summed E-state index contributed by atoms with van der Waals surface area (Å²) in [5, 5.41) is 10.1. The molecule has 1 unspecified atom stereocenters. The van der Waals surface area contributed by atoms with Gasteiger partial charge in [0.25, 0.3) is 0 Å². The van der Waals surface area contributed by atoms with E-state index in [0.717, 1.165) is 12.2 Å². The van der Waals surface area contributed by atoms with E-state index in [1.54, 1.807) is 7.05 Å². The van der Waals surface area contributed by atoms with Crippen LogP contribution in [0.25, 0.3) is 0 Å². The fourth-order valence-corrected chi connectivity index (χ4v) is 2.79. The van der Waals surface area contributed by atoms with Gasteiger partial charge in [-0.25, -0.2) is 9.89 Å². The molecule has 8 heteroatoms. The predicted molar refractivity (Wildman–Crippen MR) is 77.9 cm³/mol.